The molecular formula is C18H18ClFN4O. The number of nitrogens with one attached hydrogen (secondary N) is 1. The molecule has 0 aliphatic heterocycles. The molecule has 5 nitrogen and oxygen atoms in total. The number of fused-ring (bicyclic) bond motifs is 1. The van der Waals surface area contributed by atoms with Crippen molar-refractivity contribution in [3.8, 4) is 11.3 Å². The molecule has 2 N–H and O–H groups in total. The lowest BCUT2D eigenvalue weighted by Gasteiger charge is -2.34. The largest absolute Gasteiger partial charge is 0.395 e. The van der Waals surface area contributed by atoms with Crippen LogP contribution < -0.4 is 0 Å². The van der Waals surface area contributed by atoms with E-state index in [1.165, 1.54) is 12.5 Å². The maximum Gasteiger partial charge on any atom is 0.200 e. The van der Waals surface area contributed by atoms with Crippen molar-refractivity contribution in [1.29, 1.82) is 0 Å². The Balaban J connectivity index is 1.80. The van der Waals surface area contributed by atoms with Gasteiger partial charge in [-0.1, -0.05) is 36.9 Å². The fraction of sp³-hybridized carbons (Fsp3) is 0.389. The van der Waals surface area contributed by atoms with Crippen LogP contribution >= 0.6 is 11.6 Å². The van der Waals surface area contributed by atoms with Crippen molar-refractivity contribution in [3.63, 3.8) is 0 Å². The first-order valence-electron chi connectivity index (χ1n) is 8.41. The van der Waals surface area contributed by atoms with Crippen molar-refractivity contribution in [1.82, 2.24) is 20.2 Å². The van der Waals surface area contributed by atoms with Crippen LogP contribution in [0.5, 0.6) is 0 Å². The molecule has 0 bridgehead atoms. The highest BCUT2D eigenvalue weighted by Crippen LogP contribution is 2.39. The number of aromatic amines is 1. The average Bonchev–Trinajstić information content (AvgIpc) is 3.07. The van der Waals surface area contributed by atoms with Crippen LogP contribution in [0.15, 0.2) is 24.4 Å². The normalized spacial score (nSPS) is 17.1. The van der Waals surface area contributed by atoms with E-state index in [2.05, 4.69) is 20.2 Å². The van der Waals surface area contributed by atoms with E-state index in [9.17, 15) is 9.50 Å². The van der Waals surface area contributed by atoms with E-state index in [0.29, 0.717) is 22.4 Å². The number of aliphatic hydroxyl groups excluding tert-OH is 1. The molecule has 25 heavy (non-hydrogen) atoms. The highest BCUT2D eigenvalue weighted by molar-refractivity contribution is 6.31. The Bertz CT molecular complexity index is 921. The molecule has 3 aromatic rings. The molecule has 0 radical (unpaired) electrons. The predicted molar refractivity (Wildman–Crippen MR) is 93.9 cm³/mol. The summed E-state index contributed by atoms with van der Waals surface area (Å²) in [5.74, 6) is -0.514. The number of benzene rings is 1. The van der Waals surface area contributed by atoms with Gasteiger partial charge in [-0.2, -0.15) is 5.10 Å². The third-order valence-corrected chi connectivity index (χ3v) is 5.43. The number of nitrogens with zero attached hydrogens (tertiary/aromatic N) is 3. The van der Waals surface area contributed by atoms with Crippen LogP contribution in [-0.2, 0) is 5.41 Å². The third kappa shape index (κ3) is 2.69. The van der Waals surface area contributed by atoms with Gasteiger partial charge in [0.2, 0.25) is 5.65 Å². The molecule has 0 saturated heterocycles. The monoisotopic (exact) mass is 360 g/mol. The Morgan fingerprint density at radius 2 is 2.04 bits per heavy atom. The van der Waals surface area contributed by atoms with Gasteiger partial charge in [0.1, 0.15) is 5.52 Å². The number of aromatic nitrogens is 4. The van der Waals surface area contributed by atoms with Gasteiger partial charge in [0.05, 0.1) is 29.2 Å². The average molecular weight is 361 g/mol. The van der Waals surface area contributed by atoms with Gasteiger partial charge in [-0.25, -0.2) is 14.4 Å². The van der Waals surface area contributed by atoms with Gasteiger partial charge in [0.15, 0.2) is 5.82 Å². The Hall–Kier alpha value is -2.05. The molecule has 4 rings (SSSR count). The van der Waals surface area contributed by atoms with E-state index in [-0.39, 0.29) is 17.0 Å². The van der Waals surface area contributed by atoms with Crippen LogP contribution in [0.3, 0.4) is 0 Å². The number of H-pyrrole nitrogens is 1. The Morgan fingerprint density at radius 3 is 2.80 bits per heavy atom. The quantitative estimate of drug-likeness (QED) is 0.740. The molecule has 1 aromatic carbocycles. The van der Waals surface area contributed by atoms with E-state index < -0.39 is 5.82 Å². The second kappa shape index (κ2) is 6.35. The molecule has 130 valence electrons. The SMILES string of the molecule is OCC1(c2cnc3c(-c4cccc(Cl)c4F)[nH]nc3n2)CCCCC1. The van der Waals surface area contributed by atoms with Gasteiger partial charge in [-0.3, -0.25) is 5.10 Å². The van der Waals surface area contributed by atoms with Crippen LogP contribution in [0.25, 0.3) is 22.4 Å². The fourth-order valence-corrected chi connectivity index (χ4v) is 3.83. The topological polar surface area (TPSA) is 74.7 Å². The summed E-state index contributed by atoms with van der Waals surface area (Å²) in [7, 11) is 0. The van der Waals surface area contributed by atoms with Gasteiger partial charge in [0, 0.05) is 11.0 Å². The Morgan fingerprint density at radius 1 is 1.24 bits per heavy atom. The third-order valence-electron chi connectivity index (χ3n) is 5.14. The molecule has 2 aromatic heterocycles. The van der Waals surface area contributed by atoms with Crippen LogP contribution in [0.4, 0.5) is 4.39 Å². The van der Waals surface area contributed by atoms with Crippen LogP contribution in [0, 0.1) is 5.82 Å². The van der Waals surface area contributed by atoms with Crippen molar-refractivity contribution < 1.29 is 9.50 Å². The first-order chi connectivity index (χ1) is 12.1. The highest BCUT2D eigenvalue weighted by atomic mass is 35.5. The molecule has 1 aliphatic carbocycles. The summed E-state index contributed by atoms with van der Waals surface area (Å²) in [5.41, 5.74) is 2.09. The maximum atomic E-state index is 14.3. The number of hydrogen-bond donors (Lipinski definition) is 2. The lowest BCUT2D eigenvalue weighted by atomic mass is 9.72. The van der Waals surface area contributed by atoms with E-state index in [0.717, 1.165) is 31.4 Å². The minimum atomic E-state index is -0.514. The predicted octanol–water partition coefficient (Wildman–Crippen LogP) is 4.01. The molecule has 1 saturated carbocycles. The van der Waals surface area contributed by atoms with Crippen molar-refractivity contribution in [2.45, 2.75) is 37.5 Å². The summed E-state index contributed by atoms with van der Waals surface area (Å²) in [6.07, 6.45) is 6.79. The van der Waals surface area contributed by atoms with Gasteiger partial charge < -0.3 is 5.11 Å². The zero-order chi connectivity index (χ0) is 17.4. The van der Waals surface area contributed by atoms with E-state index in [4.69, 9.17) is 11.6 Å². The molecule has 0 unspecified atom stereocenters. The summed E-state index contributed by atoms with van der Waals surface area (Å²) < 4.78 is 14.3. The second-order valence-electron chi connectivity index (χ2n) is 6.63. The van der Waals surface area contributed by atoms with Crippen LogP contribution in [0.1, 0.15) is 37.8 Å². The zero-order valence-corrected chi connectivity index (χ0v) is 14.4. The standard InChI is InChI=1S/C18H18ClFN4O/c19-12-6-4-5-11(14(12)20)15-16-17(24-23-15)22-13(9-21-16)18(10-25)7-2-1-3-8-18/h4-6,9,25H,1-3,7-8,10H2,(H,22,23,24). The first kappa shape index (κ1) is 16.4. The fourth-order valence-electron chi connectivity index (χ4n) is 3.66. The van der Waals surface area contributed by atoms with Gasteiger partial charge in [-0.15, -0.1) is 0 Å². The molecule has 1 fully saturated rings. The summed E-state index contributed by atoms with van der Waals surface area (Å²) in [6.45, 7) is 0.0490. The number of rotatable bonds is 3. The molecule has 7 heteroatoms. The van der Waals surface area contributed by atoms with Crippen LogP contribution in [0.2, 0.25) is 5.02 Å². The van der Waals surface area contributed by atoms with E-state index in [1.807, 2.05) is 0 Å². The Kier molecular flexibility index (Phi) is 4.17. The second-order valence-corrected chi connectivity index (χ2v) is 7.03. The van der Waals surface area contributed by atoms with Crippen molar-refractivity contribution in [3.05, 3.63) is 40.9 Å². The molecule has 0 amide bonds. The molecular weight excluding hydrogens is 343 g/mol. The van der Waals surface area contributed by atoms with Crippen molar-refractivity contribution in [2.75, 3.05) is 6.61 Å². The molecule has 1 aliphatic rings. The maximum absolute atomic E-state index is 14.3. The Labute approximate surface area is 149 Å². The minimum Gasteiger partial charge on any atom is -0.395 e. The minimum absolute atomic E-state index is 0.0475. The number of hydrogen-bond acceptors (Lipinski definition) is 4. The molecule has 0 atom stereocenters. The number of halogens is 2. The van der Waals surface area contributed by atoms with E-state index >= 15 is 0 Å². The lowest BCUT2D eigenvalue weighted by molar-refractivity contribution is 0.148. The van der Waals surface area contributed by atoms with Gasteiger partial charge in [0.25, 0.3) is 0 Å². The molecule has 2 heterocycles. The van der Waals surface area contributed by atoms with Crippen molar-refractivity contribution in [2.24, 2.45) is 0 Å². The molecule has 0 spiro atoms. The first-order valence-corrected chi connectivity index (χ1v) is 8.79. The van der Waals surface area contributed by atoms with Gasteiger partial charge >= 0.3 is 0 Å². The highest BCUT2D eigenvalue weighted by Gasteiger charge is 2.35. The van der Waals surface area contributed by atoms with Crippen molar-refractivity contribution >= 4 is 22.8 Å². The summed E-state index contributed by atoms with van der Waals surface area (Å²) >= 11 is 5.87. The zero-order valence-electron chi connectivity index (χ0n) is 13.6. The van der Waals surface area contributed by atoms with Crippen LogP contribution in [-0.4, -0.2) is 31.9 Å². The lowest BCUT2D eigenvalue weighted by Crippen LogP contribution is -2.34. The van der Waals surface area contributed by atoms with Gasteiger partial charge in [-0.05, 0) is 25.0 Å². The number of aliphatic hydroxyl groups is 1. The summed E-state index contributed by atoms with van der Waals surface area (Å²) in [6, 6.07) is 4.80. The smallest absolute Gasteiger partial charge is 0.200 e. The van der Waals surface area contributed by atoms with E-state index in [1.54, 1.807) is 18.3 Å². The summed E-state index contributed by atoms with van der Waals surface area (Å²) in [5, 5.41) is 17.0. The summed E-state index contributed by atoms with van der Waals surface area (Å²) in [4.78, 5) is 9.10.